The van der Waals surface area contributed by atoms with E-state index in [-0.39, 0.29) is 16.5 Å². The van der Waals surface area contributed by atoms with Gasteiger partial charge in [-0.1, -0.05) is 24.1 Å². The van der Waals surface area contributed by atoms with Gasteiger partial charge in [-0.3, -0.25) is 9.59 Å². The van der Waals surface area contributed by atoms with Crippen LogP contribution in [0.3, 0.4) is 0 Å². The summed E-state index contributed by atoms with van der Waals surface area (Å²) in [7, 11) is 4.47. The summed E-state index contributed by atoms with van der Waals surface area (Å²) in [5, 5.41) is 2.83. The van der Waals surface area contributed by atoms with Crippen LogP contribution < -0.4 is 5.32 Å². The molecule has 26 heavy (non-hydrogen) atoms. The molecule has 1 aromatic heterocycles. The number of thiophene rings is 1. The predicted octanol–water partition coefficient (Wildman–Crippen LogP) is 2.54. The smallest absolute Gasteiger partial charge is 0.341 e. The lowest BCUT2D eigenvalue weighted by Gasteiger charge is -2.08. The summed E-state index contributed by atoms with van der Waals surface area (Å²) in [6.07, 6.45) is 0. The number of rotatable bonds is 3. The summed E-state index contributed by atoms with van der Waals surface area (Å²) in [4.78, 5) is 38.3. The monoisotopic (exact) mass is 370 g/mol. The zero-order valence-corrected chi connectivity index (χ0v) is 15.7. The molecule has 1 N–H and O–H groups in total. The number of methoxy groups -OCH3 is 1. The van der Waals surface area contributed by atoms with E-state index in [1.807, 2.05) is 18.2 Å². The van der Waals surface area contributed by atoms with Crippen LogP contribution >= 0.6 is 11.3 Å². The van der Waals surface area contributed by atoms with Crippen LogP contribution in [0, 0.1) is 18.8 Å². The van der Waals surface area contributed by atoms with E-state index in [2.05, 4.69) is 17.2 Å². The summed E-state index contributed by atoms with van der Waals surface area (Å²) in [6.45, 7) is 1.64. The Hall–Kier alpha value is -3.11. The summed E-state index contributed by atoms with van der Waals surface area (Å²) in [6, 6.07) is 9.05. The standard InChI is InChI=1S/C19H18N2O4S/c1-12-15(19(24)25-4)17(26-16(12)18(23)21(2)3)20-14(22)11-10-13-8-6-5-7-9-13/h5-9H,1-4H3,(H,20,22). The highest BCUT2D eigenvalue weighted by Crippen LogP contribution is 2.34. The summed E-state index contributed by atoms with van der Waals surface area (Å²) in [5.41, 5.74) is 1.33. The lowest BCUT2D eigenvalue weighted by molar-refractivity contribution is -0.111. The average molecular weight is 370 g/mol. The molecule has 1 aromatic carbocycles. The molecule has 2 amide bonds. The number of nitrogens with zero attached hydrogens (tertiary/aromatic N) is 1. The minimum Gasteiger partial charge on any atom is -0.465 e. The molecule has 0 aliphatic carbocycles. The van der Waals surface area contributed by atoms with Crippen LogP contribution in [0.2, 0.25) is 0 Å². The second-order valence-electron chi connectivity index (χ2n) is 5.52. The van der Waals surface area contributed by atoms with Crippen LogP contribution in [-0.4, -0.2) is 43.9 Å². The van der Waals surface area contributed by atoms with Gasteiger partial charge in [-0.05, 0) is 24.6 Å². The number of benzene rings is 1. The number of esters is 1. The molecule has 7 heteroatoms. The zero-order chi connectivity index (χ0) is 19.3. The Labute approximate surface area is 155 Å². The van der Waals surface area contributed by atoms with E-state index in [4.69, 9.17) is 4.74 Å². The molecular formula is C19H18N2O4S. The van der Waals surface area contributed by atoms with Crippen molar-refractivity contribution >= 4 is 34.1 Å². The average Bonchev–Trinajstić information content (AvgIpc) is 2.95. The highest BCUT2D eigenvalue weighted by atomic mass is 32.1. The van der Waals surface area contributed by atoms with E-state index in [0.29, 0.717) is 16.0 Å². The molecule has 0 aliphatic heterocycles. The lowest BCUT2D eigenvalue weighted by atomic mass is 10.1. The van der Waals surface area contributed by atoms with Crippen LogP contribution in [0.4, 0.5) is 5.00 Å². The summed E-state index contributed by atoms with van der Waals surface area (Å²) < 4.78 is 4.78. The number of amides is 2. The molecule has 0 saturated carbocycles. The molecule has 0 atom stereocenters. The van der Waals surface area contributed by atoms with Crippen LogP contribution in [0.15, 0.2) is 30.3 Å². The Bertz CT molecular complexity index is 905. The zero-order valence-electron chi connectivity index (χ0n) is 14.9. The number of ether oxygens (including phenoxy) is 1. The minimum atomic E-state index is -0.622. The molecule has 0 saturated heterocycles. The molecule has 1 heterocycles. The Morgan fingerprint density at radius 1 is 1.15 bits per heavy atom. The fraction of sp³-hybridized carbons (Fsp3) is 0.211. The van der Waals surface area contributed by atoms with Crippen molar-refractivity contribution in [3.05, 3.63) is 51.9 Å². The maximum atomic E-state index is 12.3. The predicted molar refractivity (Wildman–Crippen MR) is 100 cm³/mol. The normalized spacial score (nSPS) is 9.69. The van der Waals surface area contributed by atoms with E-state index in [1.54, 1.807) is 33.2 Å². The summed E-state index contributed by atoms with van der Waals surface area (Å²) >= 11 is 1.02. The van der Waals surface area contributed by atoms with Crippen molar-refractivity contribution in [3.8, 4) is 11.8 Å². The van der Waals surface area contributed by atoms with E-state index < -0.39 is 11.9 Å². The first-order valence-corrected chi connectivity index (χ1v) is 8.48. The Morgan fingerprint density at radius 2 is 1.81 bits per heavy atom. The second-order valence-corrected chi connectivity index (χ2v) is 6.54. The molecule has 0 radical (unpaired) electrons. The largest absolute Gasteiger partial charge is 0.465 e. The number of nitrogens with one attached hydrogen (secondary N) is 1. The number of anilines is 1. The number of hydrogen-bond donors (Lipinski definition) is 1. The highest BCUT2D eigenvalue weighted by molar-refractivity contribution is 7.18. The van der Waals surface area contributed by atoms with Gasteiger partial charge < -0.3 is 15.0 Å². The third-order valence-electron chi connectivity index (χ3n) is 3.46. The van der Waals surface area contributed by atoms with Crippen molar-refractivity contribution in [3.63, 3.8) is 0 Å². The molecule has 0 bridgehead atoms. The van der Waals surface area contributed by atoms with Gasteiger partial charge in [0.25, 0.3) is 5.91 Å². The Balaban J connectivity index is 2.34. The molecular weight excluding hydrogens is 352 g/mol. The van der Waals surface area contributed by atoms with Crippen molar-refractivity contribution in [2.75, 3.05) is 26.5 Å². The van der Waals surface area contributed by atoms with Crippen LogP contribution in [0.1, 0.15) is 31.2 Å². The van der Waals surface area contributed by atoms with Gasteiger partial charge in [0, 0.05) is 25.6 Å². The van der Waals surface area contributed by atoms with Gasteiger partial charge in [0.15, 0.2) is 0 Å². The SMILES string of the molecule is COC(=O)c1c(NC(=O)C#Cc2ccccc2)sc(C(=O)N(C)C)c1C. The van der Waals surface area contributed by atoms with Crippen LogP contribution in [0.25, 0.3) is 0 Å². The van der Waals surface area contributed by atoms with Gasteiger partial charge in [0.1, 0.15) is 5.00 Å². The maximum absolute atomic E-state index is 12.3. The number of hydrogen-bond acceptors (Lipinski definition) is 5. The molecule has 2 rings (SSSR count). The van der Waals surface area contributed by atoms with Crippen molar-refractivity contribution in [1.82, 2.24) is 4.90 Å². The fourth-order valence-corrected chi connectivity index (χ4v) is 3.35. The Morgan fingerprint density at radius 3 is 2.38 bits per heavy atom. The first-order valence-electron chi connectivity index (χ1n) is 7.66. The van der Waals surface area contributed by atoms with E-state index in [1.165, 1.54) is 12.0 Å². The second kappa shape index (κ2) is 8.32. The minimum absolute atomic E-state index is 0.164. The third kappa shape index (κ3) is 4.29. The van der Waals surface area contributed by atoms with Crippen molar-refractivity contribution in [1.29, 1.82) is 0 Å². The van der Waals surface area contributed by atoms with Crippen LogP contribution in [-0.2, 0) is 9.53 Å². The van der Waals surface area contributed by atoms with Gasteiger partial charge >= 0.3 is 11.9 Å². The van der Waals surface area contributed by atoms with Gasteiger partial charge in [0.05, 0.1) is 17.6 Å². The molecule has 2 aromatic rings. The van der Waals surface area contributed by atoms with Gasteiger partial charge in [-0.2, -0.15) is 0 Å². The number of carbonyl (C=O) groups is 3. The molecule has 0 unspecified atom stereocenters. The van der Waals surface area contributed by atoms with E-state index >= 15 is 0 Å². The maximum Gasteiger partial charge on any atom is 0.341 e. The van der Waals surface area contributed by atoms with Crippen molar-refractivity contribution in [2.24, 2.45) is 0 Å². The van der Waals surface area contributed by atoms with Gasteiger partial charge in [0.2, 0.25) is 0 Å². The topological polar surface area (TPSA) is 75.7 Å². The molecule has 0 spiro atoms. The fourth-order valence-electron chi connectivity index (χ4n) is 2.14. The van der Waals surface area contributed by atoms with E-state index in [9.17, 15) is 14.4 Å². The molecule has 0 fully saturated rings. The number of carbonyl (C=O) groups excluding carboxylic acids is 3. The molecule has 0 aliphatic rings. The van der Waals surface area contributed by atoms with Gasteiger partial charge in [-0.25, -0.2) is 4.79 Å². The van der Waals surface area contributed by atoms with E-state index in [0.717, 1.165) is 11.3 Å². The first-order chi connectivity index (χ1) is 12.3. The third-order valence-corrected chi connectivity index (χ3v) is 4.65. The molecule has 134 valence electrons. The highest BCUT2D eigenvalue weighted by Gasteiger charge is 2.26. The first kappa shape index (κ1) is 19.2. The Kier molecular flexibility index (Phi) is 6.15. The lowest BCUT2D eigenvalue weighted by Crippen LogP contribution is -2.21. The molecule has 6 nitrogen and oxygen atoms in total. The summed E-state index contributed by atoms with van der Waals surface area (Å²) in [5.74, 6) is 3.75. The quantitative estimate of drug-likeness (QED) is 0.665. The van der Waals surface area contributed by atoms with Crippen molar-refractivity contribution < 1.29 is 19.1 Å². The van der Waals surface area contributed by atoms with Crippen molar-refractivity contribution in [2.45, 2.75) is 6.92 Å². The van der Waals surface area contributed by atoms with Gasteiger partial charge in [-0.15, -0.1) is 11.3 Å². The van der Waals surface area contributed by atoms with Crippen LogP contribution in [0.5, 0.6) is 0 Å².